The molecule has 1 N–H and O–H groups in total. The smallest absolute Gasteiger partial charge is 0.129 e. The summed E-state index contributed by atoms with van der Waals surface area (Å²) in [6.45, 7) is 6.83. The fraction of sp³-hybridized carbons (Fsp3) is 0.429. The molecule has 0 radical (unpaired) electrons. The molecule has 0 aliphatic carbocycles. The van der Waals surface area contributed by atoms with Crippen LogP contribution in [-0.4, -0.2) is 16.1 Å². The van der Waals surface area contributed by atoms with Gasteiger partial charge in [0.2, 0.25) is 0 Å². The molecule has 0 fully saturated rings. The van der Waals surface area contributed by atoms with Gasteiger partial charge in [-0.1, -0.05) is 42.9 Å². The summed E-state index contributed by atoms with van der Waals surface area (Å²) in [5.74, 6) is -0.0631. The molecule has 0 amide bonds. The Balaban J connectivity index is 2.47. The number of benzene rings is 1. The van der Waals surface area contributed by atoms with Crippen LogP contribution in [0.1, 0.15) is 48.9 Å². The standard InChI is InChI=1S/C14H17ClFN3S/c1-4-17-13(10-6-5-9(15)7-11(10)16)14-12(8(2)3)18-19-20-14/h5-8,13,17H,4H2,1-3H3. The Morgan fingerprint density at radius 1 is 1.40 bits per heavy atom. The molecule has 2 aromatic rings. The van der Waals surface area contributed by atoms with Crippen molar-refractivity contribution >= 4 is 23.1 Å². The molecule has 0 aliphatic heterocycles. The van der Waals surface area contributed by atoms with E-state index in [1.54, 1.807) is 12.1 Å². The van der Waals surface area contributed by atoms with E-state index in [2.05, 4.69) is 28.8 Å². The summed E-state index contributed by atoms with van der Waals surface area (Å²) in [6, 6.07) is 4.52. The molecule has 2 rings (SSSR count). The van der Waals surface area contributed by atoms with E-state index in [4.69, 9.17) is 11.6 Å². The van der Waals surface area contributed by atoms with Gasteiger partial charge in [-0.05, 0) is 36.1 Å². The minimum Gasteiger partial charge on any atom is -0.306 e. The first-order chi connectivity index (χ1) is 9.54. The van der Waals surface area contributed by atoms with E-state index in [1.165, 1.54) is 17.6 Å². The fourth-order valence-electron chi connectivity index (χ4n) is 2.09. The summed E-state index contributed by atoms with van der Waals surface area (Å²) in [6.07, 6.45) is 0. The van der Waals surface area contributed by atoms with Crippen LogP contribution in [0.2, 0.25) is 5.02 Å². The first-order valence-electron chi connectivity index (χ1n) is 6.55. The third-order valence-corrected chi connectivity index (χ3v) is 4.07. The minimum absolute atomic E-state index is 0.241. The van der Waals surface area contributed by atoms with Gasteiger partial charge in [0.15, 0.2) is 0 Å². The Hall–Kier alpha value is -1.04. The maximum atomic E-state index is 14.2. The van der Waals surface area contributed by atoms with E-state index >= 15 is 0 Å². The number of hydrogen-bond acceptors (Lipinski definition) is 4. The quantitative estimate of drug-likeness (QED) is 0.901. The molecule has 1 heterocycles. The van der Waals surface area contributed by atoms with E-state index in [9.17, 15) is 4.39 Å². The number of aromatic nitrogens is 2. The van der Waals surface area contributed by atoms with E-state index in [1.807, 2.05) is 6.92 Å². The van der Waals surface area contributed by atoms with Gasteiger partial charge in [-0.2, -0.15) is 0 Å². The average molecular weight is 314 g/mol. The zero-order valence-corrected chi connectivity index (χ0v) is 13.2. The highest BCUT2D eigenvalue weighted by Crippen LogP contribution is 2.32. The third-order valence-electron chi connectivity index (χ3n) is 3.03. The number of halogens is 2. The summed E-state index contributed by atoms with van der Waals surface area (Å²) >= 11 is 7.13. The summed E-state index contributed by atoms with van der Waals surface area (Å²) in [4.78, 5) is 0.961. The molecule has 0 spiro atoms. The first kappa shape index (κ1) is 15.4. The Bertz CT molecular complexity index is 586. The topological polar surface area (TPSA) is 37.8 Å². The van der Waals surface area contributed by atoms with E-state index in [-0.39, 0.29) is 17.8 Å². The van der Waals surface area contributed by atoms with Gasteiger partial charge in [0.1, 0.15) is 5.82 Å². The molecule has 0 bridgehead atoms. The Labute approximate surface area is 127 Å². The summed E-state index contributed by atoms with van der Waals surface area (Å²) < 4.78 is 18.2. The lowest BCUT2D eigenvalue weighted by Gasteiger charge is -2.19. The van der Waals surface area contributed by atoms with Crippen LogP contribution < -0.4 is 5.32 Å². The van der Waals surface area contributed by atoms with Crippen molar-refractivity contribution in [3.63, 3.8) is 0 Å². The average Bonchev–Trinajstić information content (AvgIpc) is 2.86. The van der Waals surface area contributed by atoms with Crippen molar-refractivity contribution in [2.75, 3.05) is 6.54 Å². The van der Waals surface area contributed by atoms with Gasteiger partial charge in [-0.25, -0.2) is 4.39 Å². The van der Waals surface area contributed by atoms with Crippen LogP contribution in [0.5, 0.6) is 0 Å². The number of nitrogens with zero attached hydrogens (tertiary/aromatic N) is 2. The van der Waals surface area contributed by atoms with Crippen molar-refractivity contribution in [3.8, 4) is 0 Å². The van der Waals surface area contributed by atoms with Crippen molar-refractivity contribution < 1.29 is 4.39 Å². The van der Waals surface area contributed by atoms with Gasteiger partial charge in [0.25, 0.3) is 0 Å². The van der Waals surface area contributed by atoms with Gasteiger partial charge in [-0.15, -0.1) is 5.10 Å². The molecule has 1 aromatic heterocycles. The summed E-state index contributed by atoms with van der Waals surface area (Å²) in [7, 11) is 0. The van der Waals surface area contributed by atoms with Crippen LogP contribution in [0.15, 0.2) is 18.2 Å². The van der Waals surface area contributed by atoms with Crippen LogP contribution in [0.3, 0.4) is 0 Å². The van der Waals surface area contributed by atoms with Gasteiger partial charge >= 0.3 is 0 Å². The van der Waals surface area contributed by atoms with Crippen LogP contribution in [0, 0.1) is 5.82 Å². The van der Waals surface area contributed by atoms with Gasteiger partial charge in [-0.3, -0.25) is 0 Å². The van der Waals surface area contributed by atoms with Crippen molar-refractivity contribution in [1.29, 1.82) is 0 Å². The first-order valence-corrected chi connectivity index (χ1v) is 7.70. The van der Waals surface area contributed by atoms with Crippen LogP contribution in [0.25, 0.3) is 0 Å². The highest BCUT2D eigenvalue weighted by atomic mass is 35.5. The van der Waals surface area contributed by atoms with Gasteiger partial charge < -0.3 is 5.32 Å². The number of rotatable bonds is 5. The molecule has 20 heavy (non-hydrogen) atoms. The number of hydrogen-bond donors (Lipinski definition) is 1. The molecule has 0 saturated carbocycles. The maximum absolute atomic E-state index is 14.2. The molecular weight excluding hydrogens is 297 g/mol. The molecule has 0 aliphatic rings. The summed E-state index contributed by atoms with van der Waals surface area (Å²) in [5.41, 5.74) is 1.49. The Morgan fingerprint density at radius 3 is 2.75 bits per heavy atom. The fourth-order valence-corrected chi connectivity index (χ4v) is 3.15. The highest BCUT2D eigenvalue weighted by molar-refractivity contribution is 7.05. The zero-order chi connectivity index (χ0) is 14.7. The van der Waals surface area contributed by atoms with E-state index in [0.717, 1.165) is 17.1 Å². The maximum Gasteiger partial charge on any atom is 0.129 e. The highest BCUT2D eigenvalue weighted by Gasteiger charge is 2.24. The predicted octanol–water partition coefficient (Wildman–Crippen LogP) is 4.15. The van der Waals surface area contributed by atoms with Gasteiger partial charge in [0.05, 0.1) is 16.6 Å². The van der Waals surface area contributed by atoms with Crippen molar-refractivity contribution in [2.24, 2.45) is 0 Å². The molecule has 0 saturated heterocycles. The molecule has 1 atom stereocenters. The zero-order valence-electron chi connectivity index (χ0n) is 11.7. The van der Waals surface area contributed by atoms with Crippen LogP contribution >= 0.6 is 23.1 Å². The second-order valence-corrected chi connectivity index (χ2v) is 6.06. The minimum atomic E-state index is -0.313. The third kappa shape index (κ3) is 3.16. The second kappa shape index (κ2) is 6.61. The van der Waals surface area contributed by atoms with E-state index < -0.39 is 0 Å². The Morgan fingerprint density at radius 2 is 2.15 bits per heavy atom. The Kier molecular flexibility index (Phi) is 5.07. The SMILES string of the molecule is CCNC(c1ccc(Cl)cc1F)c1snnc1C(C)C. The monoisotopic (exact) mass is 313 g/mol. The molecule has 1 unspecified atom stereocenters. The van der Waals surface area contributed by atoms with Gasteiger partial charge in [0, 0.05) is 10.6 Å². The van der Waals surface area contributed by atoms with Crippen molar-refractivity contribution in [2.45, 2.75) is 32.7 Å². The van der Waals surface area contributed by atoms with E-state index in [0.29, 0.717) is 10.6 Å². The molecule has 6 heteroatoms. The molecule has 3 nitrogen and oxygen atoms in total. The number of nitrogens with one attached hydrogen (secondary N) is 1. The summed E-state index contributed by atoms with van der Waals surface area (Å²) in [5, 5.41) is 7.87. The normalized spacial score (nSPS) is 12.9. The van der Waals surface area contributed by atoms with Crippen LogP contribution in [-0.2, 0) is 0 Å². The second-order valence-electron chi connectivity index (χ2n) is 4.83. The largest absolute Gasteiger partial charge is 0.306 e. The van der Waals surface area contributed by atoms with Crippen molar-refractivity contribution in [3.05, 3.63) is 45.2 Å². The predicted molar refractivity (Wildman–Crippen MR) is 80.9 cm³/mol. The molecular formula is C14H17ClFN3S. The van der Waals surface area contributed by atoms with Crippen molar-refractivity contribution in [1.82, 2.24) is 14.9 Å². The lowest BCUT2D eigenvalue weighted by atomic mass is 9.99. The lowest BCUT2D eigenvalue weighted by molar-refractivity contribution is 0.558. The van der Waals surface area contributed by atoms with Crippen LogP contribution in [0.4, 0.5) is 4.39 Å². The lowest BCUT2D eigenvalue weighted by Crippen LogP contribution is -2.23. The molecule has 108 valence electrons. The molecule has 1 aromatic carbocycles.